The number of likely N-dealkylation sites (tertiary alicyclic amines) is 1. The number of methoxy groups -OCH3 is 1. The smallest absolute Gasteiger partial charge is 0.411 e. The molecule has 6 nitrogen and oxygen atoms in total. The van der Waals surface area contributed by atoms with Crippen LogP contribution in [0.1, 0.15) is 40.5 Å². The Labute approximate surface area is 129 Å². The van der Waals surface area contributed by atoms with Crippen molar-refractivity contribution < 1.29 is 23.9 Å². The third-order valence-corrected chi connectivity index (χ3v) is 4.08. The first kappa shape index (κ1) is 17.8. The zero-order valence-electron chi connectivity index (χ0n) is 13.2. The lowest BCUT2D eigenvalue weighted by Crippen LogP contribution is -2.52. The van der Waals surface area contributed by atoms with Crippen LogP contribution in [0.3, 0.4) is 0 Å². The number of carbonyl (C=O) groups is 3. The maximum absolute atomic E-state index is 12.2. The zero-order valence-corrected chi connectivity index (χ0v) is 14.0. The molecule has 0 aliphatic carbocycles. The fourth-order valence-electron chi connectivity index (χ4n) is 2.17. The second-order valence-electron chi connectivity index (χ2n) is 5.97. The van der Waals surface area contributed by atoms with E-state index < -0.39 is 23.7 Å². The first-order valence-electron chi connectivity index (χ1n) is 6.88. The van der Waals surface area contributed by atoms with Crippen molar-refractivity contribution in [1.29, 1.82) is 0 Å². The van der Waals surface area contributed by atoms with Gasteiger partial charge in [0.05, 0.1) is 7.11 Å². The van der Waals surface area contributed by atoms with Gasteiger partial charge in [-0.1, -0.05) is 11.8 Å². The van der Waals surface area contributed by atoms with Crippen LogP contribution < -0.4 is 0 Å². The van der Waals surface area contributed by atoms with Crippen molar-refractivity contribution in [2.24, 2.45) is 0 Å². The summed E-state index contributed by atoms with van der Waals surface area (Å²) in [6.07, 6.45) is 0.525. The van der Waals surface area contributed by atoms with E-state index in [0.717, 1.165) is 0 Å². The van der Waals surface area contributed by atoms with E-state index in [1.165, 1.54) is 30.7 Å². The molecule has 1 fully saturated rings. The van der Waals surface area contributed by atoms with Crippen molar-refractivity contribution in [3.8, 4) is 0 Å². The average Bonchev–Trinajstić information content (AvgIpc) is 2.34. The molecule has 2 atom stereocenters. The molecule has 0 aromatic heterocycles. The molecule has 0 unspecified atom stereocenters. The Morgan fingerprint density at radius 3 is 2.33 bits per heavy atom. The second-order valence-corrected chi connectivity index (χ2v) is 7.45. The van der Waals surface area contributed by atoms with Crippen molar-refractivity contribution >= 4 is 28.9 Å². The monoisotopic (exact) mass is 317 g/mol. The van der Waals surface area contributed by atoms with Crippen LogP contribution >= 0.6 is 11.8 Å². The minimum absolute atomic E-state index is 0.00864. The van der Waals surface area contributed by atoms with Gasteiger partial charge in [-0.15, -0.1) is 0 Å². The molecule has 0 aromatic carbocycles. The number of nitrogens with zero attached hydrogens (tertiary/aromatic N) is 1. The van der Waals surface area contributed by atoms with Gasteiger partial charge in [0, 0.05) is 18.7 Å². The number of thioether (sulfide) groups is 1. The number of rotatable bonds is 2. The quantitative estimate of drug-likeness (QED) is 0.727. The van der Waals surface area contributed by atoms with Crippen LogP contribution in [0.25, 0.3) is 0 Å². The Morgan fingerprint density at radius 2 is 1.86 bits per heavy atom. The first-order valence-corrected chi connectivity index (χ1v) is 7.76. The molecule has 0 radical (unpaired) electrons. The molecule has 0 N–H and O–H groups in total. The number of hydrogen-bond donors (Lipinski definition) is 0. The SMILES string of the molecule is COC(=O)[C@H]1C[C@H](SC(C)=O)CCN1C(=O)OC(C)(C)C. The molecule has 0 saturated carbocycles. The number of esters is 1. The number of hydrogen-bond acceptors (Lipinski definition) is 6. The van der Waals surface area contributed by atoms with Gasteiger partial charge in [-0.3, -0.25) is 9.69 Å². The molecule has 0 bridgehead atoms. The summed E-state index contributed by atoms with van der Waals surface area (Å²) in [7, 11) is 1.29. The van der Waals surface area contributed by atoms with Gasteiger partial charge in [0.2, 0.25) is 0 Å². The molecule has 7 heteroatoms. The standard InChI is InChI=1S/C14H23NO5S/c1-9(16)21-10-6-7-15(11(8-10)12(17)19-5)13(18)20-14(2,3)4/h10-11H,6-8H2,1-5H3/t10-,11-/m1/s1. The average molecular weight is 317 g/mol. The van der Waals surface area contributed by atoms with Crippen LogP contribution in [0.2, 0.25) is 0 Å². The highest BCUT2D eigenvalue weighted by Crippen LogP contribution is 2.29. The van der Waals surface area contributed by atoms with Crippen molar-refractivity contribution in [3.63, 3.8) is 0 Å². The Morgan fingerprint density at radius 1 is 1.24 bits per heavy atom. The third kappa shape index (κ3) is 5.57. The molecule has 0 spiro atoms. The molecule has 1 saturated heterocycles. The van der Waals surface area contributed by atoms with Crippen LogP contribution in [-0.2, 0) is 19.1 Å². The van der Waals surface area contributed by atoms with Crippen LogP contribution in [-0.4, -0.2) is 52.6 Å². The van der Waals surface area contributed by atoms with Crippen molar-refractivity contribution in [2.45, 2.75) is 57.4 Å². The van der Waals surface area contributed by atoms with Crippen molar-refractivity contribution in [1.82, 2.24) is 4.90 Å². The Kier molecular flexibility index (Phi) is 6.07. The Balaban J connectivity index is 2.81. The third-order valence-electron chi connectivity index (χ3n) is 2.99. The van der Waals surface area contributed by atoms with Gasteiger partial charge in [0.1, 0.15) is 11.6 Å². The van der Waals surface area contributed by atoms with E-state index in [2.05, 4.69) is 0 Å². The summed E-state index contributed by atoms with van der Waals surface area (Å²) in [6.45, 7) is 7.20. The van der Waals surface area contributed by atoms with E-state index >= 15 is 0 Å². The van der Waals surface area contributed by atoms with Crippen molar-refractivity contribution in [3.05, 3.63) is 0 Å². The maximum atomic E-state index is 12.2. The predicted octanol–water partition coefficient (Wildman–Crippen LogP) is 2.21. The molecular formula is C14H23NO5S. The summed E-state index contributed by atoms with van der Waals surface area (Å²) in [5.41, 5.74) is -0.622. The molecule has 1 aliphatic heterocycles. The molecule has 1 heterocycles. The molecule has 0 aromatic rings. The summed E-state index contributed by atoms with van der Waals surface area (Å²) >= 11 is 1.21. The predicted molar refractivity (Wildman–Crippen MR) is 80.0 cm³/mol. The van der Waals surface area contributed by atoms with Crippen LogP contribution in [0.4, 0.5) is 4.79 Å². The lowest BCUT2D eigenvalue weighted by atomic mass is 10.0. The second kappa shape index (κ2) is 7.15. The highest BCUT2D eigenvalue weighted by Gasteiger charge is 2.39. The number of ether oxygens (including phenoxy) is 2. The minimum Gasteiger partial charge on any atom is -0.467 e. The highest BCUT2D eigenvalue weighted by atomic mass is 32.2. The Bertz CT molecular complexity index is 418. The van der Waals surface area contributed by atoms with Gasteiger partial charge in [0.15, 0.2) is 5.12 Å². The number of carbonyl (C=O) groups excluding carboxylic acids is 3. The van der Waals surface area contributed by atoms with E-state index in [-0.39, 0.29) is 10.4 Å². The van der Waals surface area contributed by atoms with E-state index in [0.29, 0.717) is 19.4 Å². The normalized spacial score (nSPS) is 22.6. The fourth-order valence-corrected chi connectivity index (χ4v) is 3.14. The van der Waals surface area contributed by atoms with Gasteiger partial charge >= 0.3 is 12.1 Å². The maximum Gasteiger partial charge on any atom is 0.411 e. The van der Waals surface area contributed by atoms with Gasteiger partial charge in [-0.05, 0) is 33.6 Å². The van der Waals surface area contributed by atoms with Gasteiger partial charge in [-0.25, -0.2) is 9.59 Å². The van der Waals surface area contributed by atoms with E-state index in [4.69, 9.17) is 9.47 Å². The topological polar surface area (TPSA) is 72.9 Å². The summed E-state index contributed by atoms with van der Waals surface area (Å²) in [5, 5.41) is 0.0274. The summed E-state index contributed by atoms with van der Waals surface area (Å²) < 4.78 is 10.1. The van der Waals surface area contributed by atoms with Crippen LogP contribution in [0.15, 0.2) is 0 Å². The minimum atomic E-state index is -0.699. The van der Waals surface area contributed by atoms with Gasteiger partial charge in [-0.2, -0.15) is 0 Å². The molecule has 1 rings (SSSR count). The van der Waals surface area contributed by atoms with Gasteiger partial charge < -0.3 is 9.47 Å². The zero-order chi connectivity index (χ0) is 16.2. The molecule has 1 amide bonds. The van der Waals surface area contributed by atoms with Crippen LogP contribution in [0, 0.1) is 0 Å². The lowest BCUT2D eigenvalue weighted by molar-refractivity contribution is -0.148. The summed E-state index contributed by atoms with van der Waals surface area (Å²) in [4.78, 5) is 36.7. The van der Waals surface area contributed by atoms with Crippen molar-refractivity contribution in [2.75, 3.05) is 13.7 Å². The fraction of sp³-hybridized carbons (Fsp3) is 0.786. The van der Waals surface area contributed by atoms with E-state index in [1.54, 1.807) is 20.8 Å². The Hall–Kier alpha value is -1.24. The summed E-state index contributed by atoms with van der Waals surface area (Å²) in [5.74, 6) is -0.477. The van der Waals surface area contributed by atoms with Gasteiger partial charge in [0.25, 0.3) is 0 Å². The summed E-state index contributed by atoms with van der Waals surface area (Å²) in [6, 6.07) is -0.699. The number of amides is 1. The number of piperidine rings is 1. The largest absolute Gasteiger partial charge is 0.467 e. The lowest BCUT2D eigenvalue weighted by Gasteiger charge is -2.37. The first-order chi connectivity index (χ1) is 9.64. The highest BCUT2D eigenvalue weighted by molar-refractivity contribution is 8.14. The molecular weight excluding hydrogens is 294 g/mol. The molecule has 21 heavy (non-hydrogen) atoms. The van der Waals surface area contributed by atoms with Crippen LogP contribution in [0.5, 0.6) is 0 Å². The molecule has 120 valence electrons. The van der Waals surface area contributed by atoms with E-state index in [1.807, 2.05) is 0 Å². The van der Waals surface area contributed by atoms with E-state index in [9.17, 15) is 14.4 Å². The molecule has 1 aliphatic rings.